The van der Waals surface area contributed by atoms with Gasteiger partial charge in [0, 0.05) is 85.2 Å². The highest BCUT2D eigenvalue weighted by Crippen LogP contribution is 2.34. The highest BCUT2D eigenvalue weighted by atomic mass is 35.5. The summed E-state index contributed by atoms with van der Waals surface area (Å²) in [5.41, 5.74) is 1.09. The normalized spacial score (nSPS) is 20.3. The van der Waals surface area contributed by atoms with E-state index in [2.05, 4.69) is 28.0 Å². The SMILES string of the molecule is O=C(CN1CCN(Cc2ccc(-c3ccccc3Cl)s2)CC1)N1CCN(C(=O)C2CC2)CC1. The van der Waals surface area contributed by atoms with Gasteiger partial charge in [-0.25, -0.2) is 0 Å². The number of hydrogen-bond acceptors (Lipinski definition) is 5. The Hall–Kier alpha value is -1.93. The molecule has 1 aliphatic carbocycles. The summed E-state index contributed by atoms with van der Waals surface area (Å²) < 4.78 is 0. The number of carbonyl (C=O) groups excluding carboxylic acids is 2. The number of rotatable bonds is 6. The van der Waals surface area contributed by atoms with Crippen molar-refractivity contribution >= 4 is 34.8 Å². The molecule has 2 saturated heterocycles. The fourth-order valence-electron chi connectivity index (χ4n) is 4.65. The zero-order valence-corrected chi connectivity index (χ0v) is 20.5. The second-order valence-electron chi connectivity index (χ2n) is 9.28. The van der Waals surface area contributed by atoms with E-state index in [9.17, 15) is 9.59 Å². The summed E-state index contributed by atoms with van der Waals surface area (Å²) in [4.78, 5) is 36.2. The number of amides is 2. The predicted octanol–water partition coefficient (Wildman–Crippen LogP) is 3.27. The van der Waals surface area contributed by atoms with Crippen LogP contribution in [0.3, 0.4) is 0 Å². The first-order chi connectivity index (χ1) is 16.1. The zero-order valence-electron chi connectivity index (χ0n) is 18.9. The molecule has 1 aromatic heterocycles. The molecule has 1 aromatic carbocycles. The Balaban J connectivity index is 1.05. The number of thiophene rings is 1. The van der Waals surface area contributed by atoms with E-state index in [0.29, 0.717) is 38.6 Å². The third-order valence-electron chi connectivity index (χ3n) is 6.87. The summed E-state index contributed by atoms with van der Waals surface area (Å²) in [7, 11) is 0. The number of carbonyl (C=O) groups is 2. The Kier molecular flexibility index (Phi) is 7.02. The van der Waals surface area contributed by atoms with E-state index in [4.69, 9.17) is 11.6 Å². The van der Waals surface area contributed by atoms with E-state index < -0.39 is 0 Å². The summed E-state index contributed by atoms with van der Waals surface area (Å²) in [6, 6.07) is 12.3. The minimum absolute atomic E-state index is 0.199. The van der Waals surface area contributed by atoms with Crippen LogP contribution in [-0.2, 0) is 16.1 Å². The van der Waals surface area contributed by atoms with Crippen molar-refractivity contribution in [3.8, 4) is 10.4 Å². The van der Waals surface area contributed by atoms with Crippen LogP contribution in [0.15, 0.2) is 36.4 Å². The molecule has 6 nitrogen and oxygen atoms in total. The van der Waals surface area contributed by atoms with Gasteiger partial charge in [-0.05, 0) is 31.0 Å². The Morgan fingerprint density at radius 3 is 2.21 bits per heavy atom. The summed E-state index contributed by atoms with van der Waals surface area (Å²) in [5.74, 6) is 0.757. The van der Waals surface area contributed by atoms with Crippen LogP contribution in [0.5, 0.6) is 0 Å². The number of piperazine rings is 2. The van der Waals surface area contributed by atoms with E-state index in [-0.39, 0.29) is 11.8 Å². The molecular weight excluding hydrogens is 456 g/mol. The maximum absolute atomic E-state index is 12.8. The molecular formula is C25H31ClN4O2S. The number of halogens is 1. The molecule has 33 heavy (non-hydrogen) atoms. The fourth-order valence-corrected chi connectivity index (χ4v) is 6.03. The van der Waals surface area contributed by atoms with E-state index in [1.807, 2.05) is 28.0 Å². The van der Waals surface area contributed by atoms with Crippen molar-refractivity contribution < 1.29 is 9.59 Å². The molecule has 5 rings (SSSR count). The molecule has 2 aliphatic heterocycles. The van der Waals surface area contributed by atoms with Gasteiger partial charge in [-0.3, -0.25) is 19.4 Å². The molecule has 1 saturated carbocycles. The van der Waals surface area contributed by atoms with E-state index in [0.717, 1.165) is 56.2 Å². The third kappa shape index (κ3) is 5.60. The Morgan fingerprint density at radius 2 is 1.52 bits per heavy atom. The Bertz CT molecular complexity index is 992. The van der Waals surface area contributed by atoms with Crippen LogP contribution in [0.1, 0.15) is 17.7 Å². The molecule has 3 fully saturated rings. The third-order valence-corrected chi connectivity index (χ3v) is 8.31. The van der Waals surface area contributed by atoms with Gasteiger partial charge in [0.1, 0.15) is 0 Å². The van der Waals surface area contributed by atoms with Crippen molar-refractivity contribution in [2.24, 2.45) is 5.92 Å². The molecule has 0 unspecified atom stereocenters. The zero-order chi connectivity index (χ0) is 22.8. The van der Waals surface area contributed by atoms with Gasteiger partial charge in [0.2, 0.25) is 11.8 Å². The molecule has 0 N–H and O–H groups in total. The topological polar surface area (TPSA) is 47.1 Å². The van der Waals surface area contributed by atoms with Crippen LogP contribution in [0, 0.1) is 5.92 Å². The second kappa shape index (κ2) is 10.1. The maximum Gasteiger partial charge on any atom is 0.236 e. The van der Waals surface area contributed by atoms with Crippen molar-refractivity contribution in [1.82, 2.24) is 19.6 Å². The summed E-state index contributed by atoms with van der Waals surface area (Å²) in [5, 5.41) is 0.792. The van der Waals surface area contributed by atoms with E-state index in [1.54, 1.807) is 11.3 Å². The first kappa shape index (κ1) is 22.8. The van der Waals surface area contributed by atoms with Crippen molar-refractivity contribution in [2.45, 2.75) is 19.4 Å². The summed E-state index contributed by atoms with van der Waals surface area (Å²) >= 11 is 8.16. The average Bonchev–Trinajstić information content (AvgIpc) is 3.59. The van der Waals surface area contributed by atoms with Gasteiger partial charge in [0.25, 0.3) is 0 Å². The van der Waals surface area contributed by atoms with Crippen LogP contribution in [0.25, 0.3) is 10.4 Å². The number of nitrogens with zero attached hydrogens (tertiary/aromatic N) is 4. The van der Waals surface area contributed by atoms with E-state index >= 15 is 0 Å². The van der Waals surface area contributed by atoms with Crippen LogP contribution < -0.4 is 0 Å². The molecule has 176 valence electrons. The van der Waals surface area contributed by atoms with Crippen LogP contribution in [0.4, 0.5) is 0 Å². The highest BCUT2D eigenvalue weighted by Gasteiger charge is 2.35. The quantitative estimate of drug-likeness (QED) is 0.628. The highest BCUT2D eigenvalue weighted by molar-refractivity contribution is 7.15. The molecule has 3 aliphatic rings. The summed E-state index contributed by atoms with van der Waals surface area (Å²) in [6.45, 7) is 7.90. The average molecular weight is 487 g/mol. The van der Waals surface area contributed by atoms with Crippen molar-refractivity contribution in [2.75, 3.05) is 58.9 Å². The first-order valence-electron chi connectivity index (χ1n) is 11.9. The molecule has 8 heteroatoms. The summed E-state index contributed by atoms with van der Waals surface area (Å²) in [6.07, 6.45) is 2.08. The number of hydrogen-bond donors (Lipinski definition) is 0. The van der Waals surface area contributed by atoms with Crippen molar-refractivity contribution in [3.63, 3.8) is 0 Å². The number of benzene rings is 1. The van der Waals surface area contributed by atoms with Crippen molar-refractivity contribution in [1.29, 1.82) is 0 Å². The lowest BCUT2D eigenvalue weighted by Gasteiger charge is -2.38. The minimum atomic E-state index is 0.199. The van der Waals surface area contributed by atoms with Gasteiger partial charge in [-0.15, -0.1) is 11.3 Å². The van der Waals surface area contributed by atoms with Gasteiger partial charge >= 0.3 is 0 Å². The molecule has 0 bridgehead atoms. The van der Waals surface area contributed by atoms with Gasteiger partial charge in [0.15, 0.2) is 0 Å². The maximum atomic E-state index is 12.8. The van der Waals surface area contributed by atoms with Crippen molar-refractivity contribution in [3.05, 3.63) is 46.3 Å². The Labute approximate surface area is 204 Å². The molecule has 2 aromatic rings. The molecule has 3 heterocycles. The second-order valence-corrected chi connectivity index (χ2v) is 10.9. The molecule has 2 amide bonds. The smallest absolute Gasteiger partial charge is 0.236 e. The Morgan fingerprint density at radius 1 is 0.848 bits per heavy atom. The van der Waals surface area contributed by atoms with Crippen LogP contribution >= 0.6 is 22.9 Å². The lowest BCUT2D eigenvalue weighted by atomic mass is 10.2. The van der Waals surface area contributed by atoms with Gasteiger partial charge < -0.3 is 9.80 Å². The van der Waals surface area contributed by atoms with E-state index in [1.165, 1.54) is 9.75 Å². The van der Waals surface area contributed by atoms with Gasteiger partial charge in [-0.2, -0.15) is 0 Å². The largest absolute Gasteiger partial charge is 0.339 e. The first-order valence-corrected chi connectivity index (χ1v) is 13.1. The van der Waals surface area contributed by atoms with Crippen LogP contribution in [-0.4, -0.2) is 90.3 Å². The van der Waals surface area contributed by atoms with Gasteiger partial charge in [0.05, 0.1) is 6.54 Å². The minimum Gasteiger partial charge on any atom is -0.339 e. The van der Waals surface area contributed by atoms with Gasteiger partial charge in [-0.1, -0.05) is 29.8 Å². The molecule has 0 spiro atoms. The molecule has 0 atom stereocenters. The predicted molar refractivity (Wildman–Crippen MR) is 132 cm³/mol. The fraction of sp³-hybridized carbons (Fsp3) is 0.520. The lowest BCUT2D eigenvalue weighted by molar-refractivity contribution is -0.141. The monoisotopic (exact) mass is 486 g/mol. The van der Waals surface area contributed by atoms with Crippen LogP contribution in [0.2, 0.25) is 5.02 Å². The lowest BCUT2D eigenvalue weighted by Crippen LogP contribution is -2.54. The standard InChI is InChI=1S/C25H31ClN4O2S/c26-22-4-2-1-3-21(22)23-8-7-20(33-23)17-27-9-11-28(12-10-27)18-24(31)29-13-15-30(16-14-29)25(32)19-5-6-19/h1-4,7-8,19H,5-6,9-18H2. The molecule has 0 radical (unpaired) electrons.